The molecule has 21 heavy (non-hydrogen) atoms. The van der Waals surface area contributed by atoms with E-state index < -0.39 is 0 Å². The van der Waals surface area contributed by atoms with Crippen molar-refractivity contribution < 1.29 is 9.21 Å². The number of hydrogen-bond acceptors (Lipinski definition) is 4. The summed E-state index contributed by atoms with van der Waals surface area (Å²) in [6.45, 7) is 4.90. The van der Waals surface area contributed by atoms with Gasteiger partial charge in [0.2, 0.25) is 5.91 Å². The molecule has 2 N–H and O–H groups in total. The molecule has 0 aliphatic carbocycles. The SMILES string of the molecule is CCC(N)C(c1ccc(C)o1)N1CCCC1C(=O)N(C)C. The van der Waals surface area contributed by atoms with E-state index in [0.717, 1.165) is 37.3 Å². The molecule has 2 rings (SSSR count). The second kappa shape index (κ2) is 6.62. The molecule has 1 amide bonds. The predicted octanol–water partition coefficient (Wildman–Crippen LogP) is 1.92. The second-order valence-electron chi connectivity index (χ2n) is 6.09. The monoisotopic (exact) mass is 293 g/mol. The van der Waals surface area contributed by atoms with E-state index in [2.05, 4.69) is 11.8 Å². The lowest BCUT2D eigenvalue weighted by atomic mass is 10.0. The number of nitrogens with zero attached hydrogens (tertiary/aromatic N) is 2. The van der Waals surface area contributed by atoms with E-state index >= 15 is 0 Å². The standard InChI is InChI=1S/C16H27N3O2/c1-5-12(17)15(14-9-8-11(2)21-14)19-10-6-7-13(19)16(20)18(3)4/h8-9,12-13,15H,5-7,10,17H2,1-4H3. The van der Waals surface area contributed by atoms with Crippen LogP contribution in [0.15, 0.2) is 16.5 Å². The van der Waals surface area contributed by atoms with Crippen molar-refractivity contribution in [2.75, 3.05) is 20.6 Å². The van der Waals surface area contributed by atoms with Crippen molar-refractivity contribution in [2.45, 2.75) is 51.2 Å². The molecule has 1 fully saturated rings. The fraction of sp³-hybridized carbons (Fsp3) is 0.688. The molecule has 0 aromatic carbocycles. The molecule has 5 nitrogen and oxygen atoms in total. The highest BCUT2D eigenvalue weighted by Crippen LogP contribution is 2.33. The van der Waals surface area contributed by atoms with Gasteiger partial charge in [-0.25, -0.2) is 0 Å². The molecule has 118 valence electrons. The average molecular weight is 293 g/mol. The molecule has 1 aromatic rings. The smallest absolute Gasteiger partial charge is 0.239 e. The minimum atomic E-state index is -0.0898. The van der Waals surface area contributed by atoms with E-state index in [-0.39, 0.29) is 24.0 Å². The topological polar surface area (TPSA) is 62.7 Å². The molecule has 0 radical (unpaired) electrons. The van der Waals surface area contributed by atoms with E-state index in [1.807, 2.05) is 33.2 Å². The first-order valence-electron chi connectivity index (χ1n) is 7.74. The molecule has 1 saturated heterocycles. The van der Waals surface area contributed by atoms with Crippen LogP contribution in [0.2, 0.25) is 0 Å². The van der Waals surface area contributed by atoms with E-state index in [0.29, 0.717) is 0 Å². The highest BCUT2D eigenvalue weighted by Gasteiger charge is 2.40. The van der Waals surface area contributed by atoms with Gasteiger partial charge in [-0.2, -0.15) is 0 Å². The predicted molar refractivity (Wildman–Crippen MR) is 82.9 cm³/mol. The normalized spacial score (nSPS) is 22.2. The van der Waals surface area contributed by atoms with Gasteiger partial charge in [0.25, 0.3) is 0 Å². The summed E-state index contributed by atoms with van der Waals surface area (Å²) >= 11 is 0. The Kier molecular flexibility index (Phi) is 5.06. The largest absolute Gasteiger partial charge is 0.465 e. The summed E-state index contributed by atoms with van der Waals surface area (Å²) in [5.41, 5.74) is 6.35. The third kappa shape index (κ3) is 3.30. The summed E-state index contributed by atoms with van der Waals surface area (Å²) in [4.78, 5) is 16.3. The van der Waals surface area contributed by atoms with Crippen LogP contribution in [0.1, 0.15) is 43.7 Å². The number of likely N-dealkylation sites (N-methyl/N-ethyl adjacent to an activating group) is 1. The quantitative estimate of drug-likeness (QED) is 0.901. The van der Waals surface area contributed by atoms with Gasteiger partial charge in [-0.1, -0.05) is 6.92 Å². The van der Waals surface area contributed by atoms with Crippen LogP contribution in [-0.4, -0.2) is 48.4 Å². The molecule has 0 saturated carbocycles. The van der Waals surface area contributed by atoms with Crippen molar-refractivity contribution in [3.8, 4) is 0 Å². The summed E-state index contributed by atoms with van der Waals surface area (Å²) in [7, 11) is 3.62. The summed E-state index contributed by atoms with van der Waals surface area (Å²) < 4.78 is 5.82. The van der Waals surface area contributed by atoms with Crippen LogP contribution in [0.3, 0.4) is 0 Å². The Bertz CT molecular complexity index is 484. The Hall–Kier alpha value is -1.33. The summed E-state index contributed by atoms with van der Waals surface area (Å²) in [5.74, 6) is 1.91. The fourth-order valence-electron chi connectivity index (χ4n) is 3.14. The van der Waals surface area contributed by atoms with Gasteiger partial charge in [0.05, 0.1) is 12.1 Å². The minimum absolute atomic E-state index is 0.0277. The van der Waals surface area contributed by atoms with Gasteiger partial charge < -0.3 is 15.1 Å². The number of amides is 1. The molecule has 0 spiro atoms. The van der Waals surface area contributed by atoms with Crippen molar-refractivity contribution in [2.24, 2.45) is 5.73 Å². The lowest BCUT2D eigenvalue weighted by Gasteiger charge is -2.35. The Morgan fingerprint density at radius 1 is 1.52 bits per heavy atom. The van der Waals surface area contributed by atoms with Crippen molar-refractivity contribution in [3.63, 3.8) is 0 Å². The lowest BCUT2D eigenvalue weighted by molar-refractivity contribution is -0.134. The molecule has 5 heteroatoms. The van der Waals surface area contributed by atoms with Crippen LogP contribution in [0, 0.1) is 6.92 Å². The molecule has 3 unspecified atom stereocenters. The first-order valence-corrected chi connectivity index (χ1v) is 7.74. The molecular formula is C16H27N3O2. The molecule has 1 aromatic heterocycles. The lowest BCUT2D eigenvalue weighted by Crippen LogP contribution is -2.48. The Balaban J connectivity index is 2.29. The Labute approximate surface area is 127 Å². The van der Waals surface area contributed by atoms with Gasteiger partial charge in [0.1, 0.15) is 11.5 Å². The fourth-order valence-corrected chi connectivity index (χ4v) is 3.14. The minimum Gasteiger partial charge on any atom is -0.465 e. The molecule has 1 aliphatic heterocycles. The number of rotatable bonds is 5. The molecular weight excluding hydrogens is 266 g/mol. The van der Waals surface area contributed by atoms with Crippen LogP contribution in [0.5, 0.6) is 0 Å². The highest BCUT2D eigenvalue weighted by molar-refractivity contribution is 5.81. The number of carbonyl (C=O) groups is 1. The van der Waals surface area contributed by atoms with E-state index in [9.17, 15) is 4.79 Å². The maximum atomic E-state index is 12.4. The van der Waals surface area contributed by atoms with Crippen molar-refractivity contribution in [3.05, 3.63) is 23.7 Å². The highest BCUT2D eigenvalue weighted by atomic mass is 16.3. The molecule has 3 atom stereocenters. The number of hydrogen-bond donors (Lipinski definition) is 1. The van der Waals surface area contributed by atoms with E-state index in [1.165, 1.54) is 0 Å². The third-order valence-corrected chi connectivity index (χ3v) is 4.31. The summed E-state index contributed by atoms with van der Waals surface area (Å²) in [5, 5.41) is 0. The number of carbonyl (C=O) groups excluding carboxylic acids is 1. The van der Waals surface area contributed by atoms with Crippen molar-refractivity contribution in [1.29, 1.82) is 0 Å². The Morgan fingerprint density at radius 2 is 2.24 bits per heavy atom. The molecule has 2 heterocycles. The number of furan rings is 1. The number of aryl methyl sites for hydroxylation is 1. The van der Waals surface area contributed by atoms with Gasteiger partial charge in [-0.15, -0.1) is 0 Å². The van der Waals surface area contributed by atoms with Crippen LogP contribution < -0.4 is 5.73 Å². The maximum absolute atomic E-state index is 12.4. The molecule has 0 bridgehead atoms. The van der Waals surface area contributed by atoms with Gasteiger partial charge in [-0.05, 0) is 44.9 Å². The van der Waals surface area contributed by atoms with Gasteiger partial charge in [0, 0.05) is 20.1 Å². The van der Waals surface area contributed by atoms with Crippen LogP contribution >= 0.6 is 0 Å². The van der Waals surface area contributed by atoms with Crippen LogP contribution in [-0.2, 0) is 4.79 Å². The first kappa shape index (κ1) is 16.0. The van der Waals surface area contributed by atoms with Crippen LogP contribution in [0.4, 0.5) is 0 Å². The number of likely N-dealkylation sites (tertiary alicyclic amines) is 1. The average Bonchev–Trinajstić information content (AvgIpc) is 3.07. The zero-order valence-electron chi connectivity index (χ0n) is 13.5. The van der Waals surface area contributed by atoms with E-state index in [4.69, 9.17) is 10.2 Å². The second-order valence-corrected chi connectivity index (χ2v) is 6.09. The molecule has 1 aliphatic rings. The number of nitrogens with two attached hydrogens (primary N) is 1. The maximum Gasteiger partial charge on any atom is 0.239 e. The van der Waals surface area contributed by atoms with Crippen molar-refractivity contribution in [1.82, 2.24) is 9.80 Å². The third-order valence-electron chi connectivity index (χ3n) is 4.31. The van der Waals surface area contributed by atoms with Crippen molar-refractivity contribution >= 4 is 5.91 Å². The van der Waals surface area contributed by atoms with E-state index in [1.54, 1.807) is 4.90 Å². The van der Waals surface area contributed by atoms with Crippen LogP contribution in [0.25, 0.3) is 0 Å². The zero-order chi connectivity index (χ0) is 15.6. The van der Waals surface area contributed by atoms with Gasteiger partial charge >= 0.3 is 0 Å². The summed E-state index contributed by atoms with van der Waals surface area (Å²) in [6.07, 6.45) is 2.77. The zero-order valence-corrected chi connectivity index (χ0v) is 13.5. The van der Waals surface area contributed by atoms with Gasteiger partial charge in [0.15, 0.2) is 0 Å². The summed E-state index contributed by atoms with van der Waals surface area (Å²) in [6, 6.07) is 3.80. The van der Waals surface area contributed by atoms with Gasteiger partial charge in [-0.3, -0.25) is 9.69 Å². The first-order chi connectivity index (χ1) is 9.95. The Morgan fingerprint density at radius 3 is 2.76 bits per heavy atom.